The fraction of sp³-hybridized carbons (Fsp3) is 1.00. The van der Waals surface area contributed by atoms with Gasteiger partial charge >= 0.3 is 37.7 Å². The SMILES string of the molecule is CCCCCCCCCCCCCCCCCCS(=O)(=O)O.[CaH2]. The molecule has 0 aliphatic rings. The van der Waals surface area contributed by atoms with Crippen molar-refractivity contribution in [2.45, 2.75) is 110 Å². The molecule has 0 amide bonds. The summed E-state index contributed by atoms with van der Waals surface area (Å²) in [6.45, 7) is 2.26. The van der Waals surface area contributed by atoms with Gasteiger partial charge in [-0.25, -0.2) is 0 Å². The summed E-state index contributed by atoms with van der Waals surface area (Å²) in [6, 6.07) is 0. The third-order valence-corrected chi connectivity index (χ3v) is 5.06. The van der Waals surface area contributed by atoms with Crippen molar-refractivity contribution >= 4 is 47.9 Å². The number of hydrogen-bond acceptors (Lipinski definition) is 2. The zero-order valence-corrected chi connectivity index (χ0v) is 15.5. The van der Waals surface area contributed by atoms with E-state index in [1.807, 2.05) is 0 Å². The third-order valence-electron chi connectivity index (χ3n) is 4.26. The monoisotopic (exact) mass is 376 g/mol. The molecular formula is C18H40CaO3S. The van der Waals surface area contributed by atoms with Crippen LogP contribution >= 0.6 is 0 Å². The molecule has 0 bridgehead atoms. The van der Waals surface area contributed by atoms with E-state index < -0.39 is 10.1 Å². The van der Waals surface area contributed by atoms with Crippen LogP contribution in [0, 0.1) is 0 Å². The molecule has 0 rings (SSSR count). The topological polar surface area (TPSA) is 54.4 Å². The van der Waals surface area contributed by atoms with E-state index in [1.165, 1.54) is 83.5 Å². The van der Waals surface area contributed by atoms with Gasteiger partial charge in [-0.05, 0) is 6.42 Å². The standard InChI is InChI=1S/C18H38O3S.Ca.2H/c1-2-3-4-5-6-7-8-9-10-11-12-13-14-15-16-17-18-22(19,20)21;;;/h2-18H2,1H3,(H,19,20,21);;;. The van der Waals surface area contributed by atoms with E-state index >= 15 is 0 Å². The first kappa shape index (κ1) is 26.4. The van der Waals surface area contributed by atoms with Gasteiger partial charge in [-0.15, -0.1) is 0 Å². The Morgan fingerprint density at radius 2 is 0.826 bits per heavy atom. The van der Waals surface area contributed by atoms with Crippen LogP contribution in [0.1, 0.15) is 110 Å². The first-order valence-electron chi connectivity index (χ1n) is 9.51. The number of rotatable bonds is 17. The first-order valence-corrected chi connectivity index (χ1v) is 11.1. The summed E-state index contributed by atoms with van der Waals surface area (Å²) in [6.07, 6.45) is 20.3. The summed E-state index contributed by atoms with van der Waals surface area (Å²) >= 11 is 0. The van der Waals surface area contributed by atoms with Crippen LogP contribution in [0.25, 0.3) is 0 Å². The Morgan fingerprint density at radius 3 is 1.09 bits per heavy atom. The van der Waals surface area contributed by atoms with Gasteiger partial charge in [-0.1, -0.05) is 103 Å². The minimum atomic E-state index is -3.74. The van der Waals surface area contributed by atoms with Crippen LogP contribution in [0.2, 0.25) is 0 Å². The maximum absolute atomic E-state index is 10.5. The van der Waals surface area contributed by atoms with Crippen LogP contribution in [0.5, 0.6) is 0 Å². The van der Waals surface area contributed by atoms with Crippen molar-refractivity contribution in [2.24, 2.45) is 0 Å². The Balaban J connectivity index is 0. The van der Waals surface area contributed by atoms with Crippen LogP contribution in [0.15, 0.2) is 0 Å². The quantitative estimate of drug-likeness (QED) is 0.215. The molecule has 0 aliphatic heterocycles. The zero-order chi connectivity index (χ0) is 16.5. The minimum absolute atomic E-state index is 0. The molecule has 138 valence electrons. The fourth-order valence-corrected chi connectivity index (χ4v) is 3.40. The van der Waals surface area contributed by atoms with Gasteiger partial charge in [0.1, 0.15) is 0 Å². The van der Waals surface area contributed by atoms with Crippen molar-refractivity contribution in [3.05, 3.63) is 0 Å². The van der Waals surface area contributed by atoms with Gasteiger partial charge in [-0.2, -0.15) is 8.42 Å². The molecule has 0 atom stereocenters. The van der Waals surface area contributed by atoms with Gasteiger partial charge in [0, 0.05) is 0 Å². The molecule has 3 nitrogen and oxygen atoms in total. The van der Waals surface area contributed by atoms with Crippen molar-refractivity contribution in [3.8, 4) is 0 Å². The second-order valence-corrected chi connectivity index (χ2v) is 8.16. The van der Waals surface area contributed by atoms with Crippen molar-refractivity contribution in [2.75, 3.05) is 5.75 Å². The number of hydrogen-bond donors (Lipinski definition) is 1. The van der Waals surface area contributed by atoms with Crippen molar-refractivity contribution in [1.29, 1.82) is 0 Å². The molecule has 0 aromatic carbocycles. The fourth-order valence-electron chi connectivity index (χ4n) is 2.83. The molecule has 0 aromatic rings. The van der Waals surface area contributed by atoms with Crippen molar-refractivity contribution in [1.82, 2.24) is 0 Å². The van der Waals surface area contributed by atoms with Crippen LogP contribution in [0.3, 0.4) is 0 Å². The summed E-state index contributed by atoms with van der Waals surface area (Å²) in [4.78, 5) is 0. The third kappa shape index (κ3) is 25.5. The van der Waals surface area contributed by atoms with E-state index in [0.717, 1.165) is 12.8 Å². The predicted octanol–water partition coefficient (Wildman–Crippen LogP) is 5.22. The van der Waals surface area contributed by atoms with E-state index in [9.17, 15) is 8.42 Å². The Kier molecular flexibility index (Phi) is 22.4. The van der Waals surface area contributed by atoms with E-state index in [0.29, 0.717) is 6.42 Å². The summed E-state index contributed by atoms with van der Waals surface area (Å²) in [5.41, 5.74) is 0. The van der Waals surface area contributed by atoms with Gasteiger partial charge in [0.15, 0.2) is 0 Å². The Bertz CT molecular complexity index is 318. The molecule has 0 spiro atoms. The average Bonchev–Trinajstić information content (AvgIpc) is 2.45. The summed E-state index contributed by atoms with van der Waals surface area (Å²) < 4.78 is 29.7. The molecule has 23 heavy (non-hydrogen) atoms. The molecule has 0 aromatic heterocycles. The molecule has 0 aliphatic carbocycles. The van der Waals surface area contributed by atoms with Gasteiger partial charge in [0.25, 0.3) is 10.1 Å². The molecule has 1 N–H and O–H groups in total. The van der Waals surface area contributed by atoms with Crippen LogP contribution in [0.4, 0.5) is 0 Å². The van der Waals surface area contributed by atoms with Crippen LogP contribution < -0.4 is 0 Å². The van der Waals surface area contributed by atoms with Gasteiger partial charge in [-0.3, -0.25) is 4.55 Å². The van der Waals surface area contributed by atoms with Crippen LogP contribution in [-0.4, -0.2) is 56.5 Å². The molecule has 0 saturated heterocycles. The van der Waals surface area contributed by atoms with Gasteiger partial charge in [0.05, 0.1) is 5.75 Å². The van der Waals surface area contributed by atoms with Gasteiger partial charge in [0.2, 0.25) is 0 Å². The molecule has 0 saturated carbocycles. The van der Waals surface area contributed by atoms with E-state index in [-0.39, 0.29) is 43.5 Å². The maximum atomic E-state index is 10.5. The van der Waals surface area contributed by atoms with Crippen molar-refractivity contribution in [3.63, 3.8) is 0 Å². The normalized spacial score (nSPS) is 11.4. The summed E-state index contributed by atoms with van der Waals surface area (Å²) in [5, 5.41) is 0. The first-order chi connectivity index (χ1) is 10.6. The second kappa shape index (κ2) is 19.5. The second-order valence-electron chi connectivity index (χ2n) is 6.59. The van der Waals surface area contributed by atoms with Crippen molar-refractivity contribution < 1.29 is 13.0 Å². The van der Waals surface area contributed by atoms with E-state index in [4.69, 9.17) is 4.55 Å². The molecule has 0 heterocycles. The van der Waals surface area contributed by atoms with Crippen LogP contribution in [-0.2, 0) is 10.1 Å². The van der Waals surface area contributed by atoms with Gasteiger partial charge < -0.3 is 0 Å². The molecule has 0 unspecified atom stereocenters. The summed E-state index contributed by atoms with van der Waals surface area (Å²) in [5.74, 6) is -0.0779. The summed E-state index contributed by atoms with van der Waals surface area (Å²) in [7, 11) is -3.74. The Hall–Kier alpha value is 1.17. The molecule has 0 fully saturated rings. The molecular weight excluding hydrogens is 336 g/mol. The zero-order valence-electron chi connectivity index (χ0n) is 14.7. The Labute approximate surface area is 175 Å². The molecule has 5 heteroatoms. The molecule has 0 radical (unpaired) electrons. The Morgan fingerprint density at radius 1 is 0.565 bits per heavy atom. The number of unbranched alkanes of at least 4 members (excludes halogenated alkanes) is 15. The average molecular weight is 377 g/mol. The van der Waals surface area contributed by atoms with E-state index in [1.54, 1.807) is 0 Å². The van der Waals surface area contributed by atoms with E-state index in [2.05, 4.69) is 6.92 Å². The predicted molar refractivity (Wildman–Crippen MR) is 105 cm³/mol.